The van der Waals surface area contributed by atoms with Crippen molar-refractivity contribution in [2.24, 2.45) is 5.73 Å². The van der Waals surface area contributed by atoms with Gasteiger partial charge >= 0.3 is 0 Å². The van der Waals surface area contributed by atoms with Gasteiger partial charge in [0.1, 0.15) is 5.82 Å². The first kappa shape index (κ1) is 15.0. The fourth-order valence-electron chi connectivity index (χ4n) is 1.82. The van der Waals surface area contributed by atoms with E-state index in [1.54, 1.807) is 12.1 Å². The Balaban J connectivity index is 0.00000162. The number of nitrogens with two attached hydrogens (primary N) is 1. The normalized spacial score (nSPS) is 10.0. The lowest BCUT2D eigenvalue weighted by Crippen LogP contribution is -1.97. The summed E-state index contributed by atoms with van der Waals surface area (Å²) in [5, 5.41) is 0.139. The lowest BCUT2D eigenvalue weighted by atomic mass is 10.0. The van der Waals surface area contributed by atoms with Crippen LogP contribution < -0.4 is 5.73 Å². The Bertz CT molecular complexity index is 555. The van der Waals surface area contributed by atoms with Gasteiger partial charge in [-0.05, 0) is 41.8 Å². The molecule has 0 aliphatic rings. The predicted octanol–water partition coefficient (Wildman–Crippen LogP) is 4.34. The average molecular weight is 286 g/mol. The van der Waals surface area contributed by atoms with Gasteiger partial charge in [-0.2, -0.15) is 0 Å². The minimum Gasteiger partial charge on any atom is -0.326 e. The average Bonchev–Trinajstić information content (AvgIpc) is 2.32. The van der Waals surface area contributed by atoms with E-state index in [-0.39, 0.29) is 17.4 Å². The molecule has 0 radical (unpaired) electrons. The van der Waals surface area contributed by atoms with Crippen molar-refractivity contribution in [3.05, 3.63) is 58.4 Å². The van der Waals surface area contributed by atoms with Crippen molar-refractivity contribution in [3.8, 4) is 11.1 Å². The van der Waals surface area contributed by atoms with Crippen LogP contribution in [0.15, 0.2) is 36.4 Å². The molecule has 18 heavy (non-hydrogen) atoms. The number of rotatable bonds is 2. The molecule has 0 aliphatic carbocycles. The van der Waals surface area contributed by atoms with Gasteiger partial charge in [-0.1, -0.05) is 35.4 Å². The van der Waals surface area contributed by atoms with E-state index in [0.29, 0.717) is 6.54 Å². The first-order valence-corrected chi connectivity index (χ1v) is 5.74. The Hall–Kier alpha value is -1.09. The second-order valence-electron chi connectivity index (χ2n) is 4.04. The van der Waals surface area contributed by atoms with E-state index in [9.17, 15) is 4.39 Å². The van der Waals surface area contributed by atoms with E-state index in [4.69, 9.17) is 17.3 Å². The maximum Gasteiger partial charge on any atom is 0.142 e. The van der Waals surface area contributed by atoms with Crippen LogP contribution in [0, 0.1) is 12.7 Å². The maximum absolute atomic E-state index is 13.4. The number of aryl methyl sites for hydroxylation is 1. The fourth-order valence-corrected chi connectivity index (χ4v) is 1.94. The van der Waals surface area contributed by atoms with Gasteiger partial charge < -0.3 is 5.73 Å². The second-order valence-corrected chi connectivity index (χ2v) is 4.45. The van der Waals surface area contributed by atoms with Crippen LogP contribution in [0.5, 0.6) is 0 Å². The maximum atomic E-state index is 13.4. The number of halogens is 3. The molecule has 0 unspecified atom stereocenters. The Kier molecular flexibility index (Phi) is 5.15. The third-order valence-corrected chi connectivity index (χ3v) is 2.93. The molecule has 96 valence electrons. The van der Waals surface area contributed by atoms with E-state index >= 15 is 0 Å². The largest absolute Gasteiger partial charge is 0.326 e. The van der Waals surface area contributed by atoms with Crippen LogP contribution in [-0.4, -0.2) is 0 Å². The zero-order chi connectivity index (χ0) is 12.4. The third kappa shape index (κ3) is 3.22. The first-order chi connectivity index (χ1) is 8.10. The Morgan fingerprint density at radius 3 is 2.44 bits per heavy atom. The molecule has 1 nitrogen and oxygen atoms in total. The van der Waals surface area contributed by atoms with Crippen molar-refractivity contribution < 1.29 is 4.39 Å². The number of benzene rings is 2. The van der Waals surface area contributed by atoms with E-state index < -0.39 is 5.82 Å². The van der Waals surface area contributed by atoms with Crippen LogP contribution in [0.1, 0.15) is 11.1 Å². The SMILES string of the molecule is Cc1cc(CN)cc(-c2ccc(Cl)c(F)c2)c1.Cl. The highest BCUT2D eigenvalue weighted by Crippen LogP contribution is 2.26. The molecule has 0 atom stereocenters. The van der Waals surface area contributed by atoms with Crippen molar-refractivity contribution in [1.82, 2.24) is 0 Å². The van der Waals surface area contributed by atoms with Gasteiger partial charge in [-0.15, -0.1) is 12.4 Å². The molecular weight excluding hydrogens is 272 g/mol. The van der Waals surface area contributed by atoms with Crippen LogP contribution in [0.2, 0.25) is 5.02 Å². The van der Waals surface area contributed by atoms with Gasteiger partial charge in [0, 0.05) is 6.54 Å². The summed E-state index contributed by atoms with van der Waals surface area (Å²) in [4.78, 5) is 0. The molecule has 0 amide bonds. The van der Waals surface area contributed by atoms with Crippen LogP contribution in [0.3, 0.4) is 0 Å². The van der Waals surface area contributed by atoms with Crippen molar-refractivity contribution in [3.63, 3.8) is 0 Å². The highest BCUT2D eigenvalue weighted by Gasteiger charge is 2.04. The van der Waals surface area contributed by atoms with Crippen LogP contribution in [0.4, 0.5) is 4.39 Å². The van der Waals surface area contributed by atoms with Crippen LogP contribution in [0.25, 0.3) is 11.1 Å². The summed E-state index contributed by atoms with van der Waals surface area (Å²) < 4.78 is 13.4. The molecule has 0 fully saturated rings. The molecule has 0 aromatic heterocycles. The quantitative estimate of drug-likeness (QED) is 0.873. The Morgan fingerprint density at radius 2 is 1.83 bits per heavy atom. The standard InChI is InChI=1S/C14H13ClFN.ClH/c1-9-4-10(8-17)6-12(5-9)11-2-3-13(15)14(16)7-11;/h2-7H,8,17H2,1H3;1H. The first-order valence-electron chi connectivity index (χ1n) is 5.36. The summed E-state index contributed by atoms with van der Waals surface area (Å²) in [7, 11) is 0. The van der Waals surface area contributed by atoms with Crippen LogP contribution >= 0.6 is 24.0 Å². The van der Waals surface area contributed by atoms with Crippen molar-refractivity contribution in [2.45, 2.75) is 13.5 Å². The van der Waals surface area contributed by atoms with Gasteiger partial charge in [-0.3, -0.25) is 0 Å². The second kappa shape index (κ2) is 6.19. The van der Waals surface area contributed by atoms with Gasteiger partial charge in [0.25, 0.3) is 0 Å². The van der Waals surface area contributed by atoms with Gasteiger partial charge in [-0.25, -0.2) is 4.39 Å². The van der Waals surface area contributed by atoms with Crippen molar-refractivity contribution in [2.75, 3.05) is 0 Å². The molecule has 0 bridgehead atoms. The fraction of sp³-hybridized carbons (Fsp3) is 0.143. The van der Waals surface area contributed by atoms with Gasteiger partial charge in [0.05, 0.1) is 5.02 Å². The molecule has 2 aromatic carbocycles. The van der Waals surface area contributed by atoms with E-state index in [0.717, 1.165) is 22.3 Å². The van der Waals surface area contributed by atoms with Gasteiger partial charge in [0.15, 0.2) is 0 Å². The van der Waals surface area contributed by atoms with Crippen LogP contribution in [-0.2, 0) is 6.54 Å². The van der Waals surface area contributed by atoms with E-state index in [2.05, 4.69) is 0 Å². The summed E-state index contributed by atoms with van der Waals surface area (Å²) in [5.41, 5.74) is 9.54. The molecule has 0 aliphatic heterocycles. The Labute approximate surface area is 117 Å². The predicted molar refractivity (Wildman–Crippen MR) is 76.7 cm³/mol. The minimum absolute atomic E-state index is 0. The monoisotopic (exact) mass is 285 g/mol. The zero-order valence-corrected chi connectivity index (χ0v) is 11.5. The van der Waals surface area contributed by atoms with E-state index in [1.165, 1.54) is 6.07 Å². The Morgan fingerprint density at radius 1 is 1.11 bits per heavy atom. The summed E-state index contributed by atoms with van der Waals surface area (Å²) >= 11 is 5.66. The summed E-state index contributed by atoms with van der Waals surface area (Å²) in [6.07, 6.45) is 0. The van der Waals surface area contributed by atoms with Crippen molar-refractivity contribution in [1.29, 1.82) is 0 Å². The molecule has 2 rings (SSSR count). The molecule has 2 aromatic rings. The smallest absolute Gasteiger partial charge is 0.142 e. The molecule has 0 saturated carbocycles. The molecule has 0 spiro atoms. The lowest BCUT2D eigenvalue weighted by Gasteiger charge is -2.07. The molecule has 2 N–H and O–H groups in total. The highest BCUT2D eigenvalue weighted by atomic mass is 35.5. The molecular formula is C14H14Cl2FN. The topological polar surface area (TPSA) is 26.0 Å². The molecule has 0 heterocycles. The summed E-state index contributed by atoms with van der Waals surface area (Å²) in [6, 6.07) is 10.8. The third-order valence-electron chi connectivity index (χ3n) is 2.63. The summed E-state index contributed by atoms with van der Waals surface area (Å²) in [5.74, 6) is -0.403. The van der Waals surface area contributed by atoms with Gasteiger partial charge in [0.2, 0.25) is 0 Å². The van der Waals surface area contributed by atoms with E-state index in [1.807, 2.05) is 25.1 Å². The summed E-state index contributed by atoms with van der Waals surface area (Å²) in [6.45, 7) is 2.47. The zero-order valence-electron chi connectivity index (χ0n) is 9.91. The minimum atomic E-state index is -0.403. The number of hydrogen-bond donors (Lipinski definition) is 1. The van der Waals surface area contributed by atoms with Crippen molar-refractivity contribution >= 4 is 24.0 Å². The molecule has 4 heteroatoms. The number of hydrogen-bond acceptors (Lipinski definition) is 1. The lowest BCUT2D eigenvalue weighted by molar-refractivity contribution is 0.629. The highest BCUT2D eigenvalue weighted by molar-refractivity contribution is 6.30. The molecule has 0 saturated heterocycles.